The highest BCUT2D eigenvalue weighted by Gasteiger charge is 2.21. The van der Waals surface area contributed by atoms with Gasteiger partial charge in [-0.2, -0.15) is 0 Å². The molecular formula is C11H16N2O4S2. The molecule has 0 saturated heterocycles. The molecule has 1 aromatic rings. The second kappa shape index (κ2) is 5.20. The molecule has 6 nitrogen and oxygen atoms in total. The van der Waals surface area contributed by atoms with E-state index in [4.69, 9.17) is 5.14 Å². The van der Waals surface area contributed by atoms with Crippen molar-refractivity contribution in [3.05, 3.63) is 24.3 Å². The van der Waals surface area contributed by atoms with Gasteiger partial charge in [-0.25, -0.2) is 26.7 Å². The number of nitrogens with one attached hydrogen (secondary N) is 1. The Morgan fingerprint density at radius 3 is 2.00 bits per heavy atom. The number of hydrogen-bond acceptors (Lipinski definition) is 4. The van der Waals surface area contributed by atoms with E-state index in [9.17, 15) is 16.8 Å². The van der Waals surface area contributed by atoms with E-state index >= 15 is 0 Å². The number of primary sulfonamides is 1. The average molecular weight is 304 g/mol. The number of benzene rings is 1. The summed E-state index contributed by atoms with van der Waals surface area (Å²) in [5.74, 6) is 0.415. The van der Waals surface area contributed by atoms with Gasteiger partial charge in [-0.15, -0.1) is 0 Å². The lowest BCUT2D eigenvalue weighted by molar-refractivity contribution is 0.316. The molecule has 0 heterocycles. The number of sulfonamides is 2. The number of hydrogen-bond donors (Lipinski definition) is 2. The Morgan fingerprint density at radius 2 is 1.58 bits per heavy atom. The fourth-order valence-corrected chi connectivity index (χ4v) is 3.45. The molecule has 0 unspecified atom stereocenters. The van der Waals surface area contributed by atoms with Crippen LogP contribution in [0, 0.1) is 5.92 Å². The van der Waals surface area contributed by atoms with Crippen molar-refractivity contribution in [2.75, 3.05) is 6.54 Å². The predicted octanol–water partition coefficient (Wildman–Crippen LogP) is 0.412. The Bertz CT molecular complexity index is 646. The summed E-state index contributed by atoms with van der Waals surface area (Å²) in [4.78, 5) is -0.0651. The van der Waals surface area contributed by atoms with Crippen LogP contribution < -0.4 is 9.86 Å². The van der Waals surface area contributed by atoms with Crippen molar-refractivity contribution in [2.24, 2.45) is 11.1 Å². The Morgan fingerprint density at radius 1 is 1.05 bits per heavy atom. The quantitative estimate of drug-likeness (QED) is 0.821. The Kier molecular flexibility index (Phi) is 3.95. The number of rotatable bonds is 5. The molecule has 2 rings (SSSR count). The minimum atomic E-state index is -3.80. The van der Waals surface area contributed by atoms with Gasteiger partial charge >= 0.3 is 0 Å². The van der Waals surface area contributed by atoms with E-state index in [-0.39, 0.29) is 9.79 Å². The summed E-state index contributed by atoms with van der Waals surface area (Å²) in [7, 11) is -7.38. The standard InChI is InChI=1S/C11H16N2O4S2/c12-18(14,15)10-4-6-11(7-5-10)19(16,17)13-8-9-2-1-3-9/h4-7,9,13H,1-3,8H2,(H2,12,14,15). The first-order valence-electron chi connectivity index (χ1n) is 5.91. The van der Waals surface area contributed by atoms with Crippen LogP contribution in [0.2, 0.25) is 0 Å². The van der Waals surface area contributed by atoms with E-state index in [2.05, 4.69) is 4.72 Å². The van der Waals surface area contributed by atoms with Crippen LogP contribution in [0.3, 0.4) is 0 Å². The van der Waals surface area contributed by atoms with Crippen molar-refractivity contribution in [2.45, 2.75) is 29.1 Å². The van der Waals surface area contributed by atoms with Crippen molar-refractivity contribution in [3.8, 4) is 0 Å². The first-order valence-corrected chi connectivity index (χ1v) is 8.94. The maximum absolute atomic E-state index is 11.9. The molecule has 0 bridgehead atoms. The average Bonchev–Trinajstić information content (AvgIpc) is 2.26. The van der Waals surface area contributed by atoms with Crippen LogP contribution in [0.15, 0.2) is 34.1 Å². The van der Waals surface area contributed by atoms with Crippen molar-refractivity contribution < 1.29 is 16.8 Å². The molecule has 106 valence electrons. The summed E-state index contributed by atoms with van der Waals surface area (Å²) in [5.41, 5.74) is 0. The summed E-state index contributed by atoms with van der Waals surface area (Å²) in [6.07, 6.45) is 3.25. The molecule has 0 aliphatic heterocycles. The summed E-state index contributed by atoms with van der Waals surface area (Å²) >= 11 is 0. The summed E-state index contributed by atoms with van der Waals surface area (Å²) in [6, 6.07) is 4.85. The fourth-order valence-electron chi connectivity index (χ4n) is 1.82. The first-order chi connectivity index (χ1) is 8.79. The zero-order chi connectivity index (χ0) is 14.1. The van der Waals surface area contributed by atoms with Gasteiger partial charge in [0.15, 0.2) is 0 Å². The highest BCUT2D eigenvalue weighted by Crippen LogP contribution is 2.25. The molecule has 1 aliphatic carbocycles. The molecule has 1 aliphatic rings. The van der Waals surface area contributed by atoms with Crippen LogP contribution in [-0.4, -0.2) is 23.4 Å². The lowest BCUT2D eigenvalue weighted by Gasteiger charge is -2.25. The Balaban J connectivity index is 2.11. The van der Waals surface area contributed by atoms with Crippen molar-refractivity contribution in [1.29, 1.82) is 0 Å². The number of nitrogens with two attached hydrogens (primary N) is 1. The summed E-state index contributed by atoms with van der Waals surface area (Å²) in [5, 5.41) is 4.95. The normalized spacial score (nSPS) is 17.1. The lowest BCUT2D eigenvalue weighted by atomic mass is 9.86. The Labute approximate surface area is 113 Å². The molecule has 0 aromatic heterocycles. The summed E-state index contributed by atoms with van der Waals surface area (Å²) in [6.45, 7) is 0.430. The maximum atomic E-state index is 11.9. The van der Waals surface area contributed by atoms with Crippen molar-refractivity contribution in [1.82, 2.24) is 4.72 Å². The van der Waals surface area contributed by atoms with Gasteiger partial charge in [-0.3, -0.25) is 0 Å². The molecular weight excluding hydrogens is 288 g/mol. The third-order valence-electron chi connectivity index (χ3n) is 3.25. The molecule has 1 fully saturated rings. The molecule has 19 heavy (non-hydrogen) atoms. The van der Waals surface area contributed by atoms with Crippen LogP contribution in [0.25, 0.3) is 0 Å². The lowest BCUT2D eigenvalue weighted by Crippen LogP contribution is -2.32. The topological polar surface area (TPSA) is 106 Å². The molecule has 8 heteroatoms. The molecule has 3 N–H and O–H groups in total. The zero-order valence-electron chi connectivity index (χ0n) is 10.2. The van der Waals surface area contributed by atoms with E-state index in [0.29, 0.717) is 12.5 Å². The fraction of sp³-hybridized carbons (Fsp3) is 0.455. The van der Waals surface area contributed by atoms with Crippen LogP contribution in [0.5, 0.6) is 0 Å². The van der Waals surface area contributed by atoms with Gasteiger partial charge < -0.3 is 0 Å². The van der Waals surface area contributed by atoms with E-state index in [1.54, 1.807) is 0 Å². The molecule has 1 aromatic carbocycles. The van der Waals surface area contributed by atoms with E-state index in [1.807, 2.05) is 0 Å². The molecule has 0 atom stereocenters. The predicted molar refractivity (Wildman–Crippen MR) is 70.3 cm³/mol. The second-order valence-corrected chi connectivity index (χ2v) is 7.99. The van der Waals surface area contributed by atoms with Crippen LogP contribution in [0.4, 0.5) is 0 Å². The molecule has 0 amide bonds. The van der Waals surface area contributed by atoms with E-state index in [0.717, 1.165) is 19.3 Å². The van der Waals surface area contributed by atoms with Crippen molar-refractivity contribution in [3.63, 3.8) is 0 Å². The second-order valence-electron chi connectivity index (χ2n) is 4.67. The highest BCUT2D eigenvalue weighted by atomic mass is 32.2. The van der Waals surface area contributed by atoms with Gasteiger partial charge in [0.05, 0.1) is 9.79 Å². The molecule has 0 spiro atoms. The SMILES string of the molecule is NS(=O)(=O)c1ccc(S(=O)(=O)NCC2CCC2)cc1. The third-order valence-corrected chi connectivity index (χ3v) is 5.62. The first kappa shape index (κ1) is 14.4. The highest BCUT2D eigenvalue weighted by molar-refractivity contribution is 7.89. The van der Waals surface area contributed by atoms with Gasteiger partial charge in [0, 0.05) is 6.54 Å². The minimum absolute atomic E-state index is 0.0409. The third kappa shape index (κ3) is 3.53. The van der Waals surface area contributed by atoms with Gasteiger partial charge in [0.2, 0.25) is 20.0 Å². The minimum Gasteiger partial charge on any atom is -0.225 e. The summed E-state index contributed by atoms with van der Waals surface area (Å²) < 4.78 is 48.6. The largest absolute Gasteiger partial charge is 0.240 e. The van der Waals surface area contributed by atoms with E-state index < -0.39 is 20.0 Å². The smallest absolute Gasteiger partial charge is 0.225 e. The monoisotopic (exact) mass is 304 g/mol. The molecule has 0 radical (unpaired) electrons. The zero-order valence-corrected chi connectivity index (χ0v) is 11.9. The van der Waals surface area contributed by atoms with Gasteiger partial charge in [-0.05, 0) is 43.0 Å². The van der Waals surface area contributed by atoms with E-state index in [1.165, 1.54) is 24.3 Å². The van der Waals surface area contributed by atoms with Crippen molar-refractivity contribution >= 4 is 20.0 Å². The van der Waals surface area contributed by atoms with Gasteiger partial charge in [-0.1, -0.05) is 6.42 Å². The maximum Gasteiger partial charge on any atom is 0.240 e. The molecule has 1 saturated carbocycles. The van der Waals surface area contributed by atoms with Gasteiger partial charge in [0.25, 0.3) is 0 Å². The van der Waals surface area contributed by atoms with Gasteiger partial charge in [0.1, 0.15) is 0 Å². The van der Waals surface area contributed by atoms with Crippen LogP contribution in [0.1, 0.15) is 19.3 Å². The Hall–Kier alpha value is -0.960. The van der Waals surface area contributed by atoms with Crippen LogP contribution >= 0.6 is 0 Å². The van der Waals surface area contributed by atoms with Crippen LogP contribution in [-0.2, 0) is 20.0 Å².